The third kappa shape index (κ3) is 5.69. The third-order valence-electron chi connectivity index (χ3n) is 3.92. The molecule has 3 aromatic carbocycles. The summed E-state index contributed by atoms with van der Waals surface area (Å²) < 4.78 is 6.75. The molecule has 0 aliphatic carbocycles. The fourth-order valence-electron chi connectivity index (χ4n) is 2.45. The molecular formula is C22H19BrN2O3. The number of rotatable bonds is 6. The Labute approximate surface area is 171 Å². The molecule has 0 aliphatic heterocycles. The zero-order valence-electron chi connectivity index (χ0n) is 15.2. The van der Waals surface area contributed by atoms with Gasteiger partial charge >= 0.3 is 0 Å². The van der Waals surface area contributed by atoms with Crippen molar-refractivity contribution in [3.05, 3.63) is 88.4 Å². The summed E-state index contributed by atoms with van der Waals surface area (Å²) in [5.74, 6) is 1.13. The summed E-state index contributed by atoms with van der Waals surface area (Å²) in [6, 6.07) is 21.8. The second-order valence-corrected chi connectivity index (χ2v) is 7.06. The van der Waals surface area contributed by atoms with Gasteiger partial charge in [0.25, 0.3) is 5.91 Å². The molecule has 2 amide bonds. The highest BCUT2D eigenvalue weighted by Crippen LogP contribution is 2.24. The maximum atomic E-state index is 12.4. The fraction of sp³-hybridized carbons (Fsp3) is 0.0909. The van der Waals surface area contributed by atoms with E-state index in [-0.39, 0.29) is 11.8 Å². The molecule has 6 heteroatoms. The normalized spacial score (nSPS) is 10.2. The lowest BCUT2D eigenvalue weighted by Gasteiger charge is -2.09. The SMILES string of the molecule is CC(=O)NCc1ccc(C(=O)Nc2ccc(Oc3ccc(Br)cc3)cc2)cc1. The average molecular weight is 439 g/mol. The quantitative estimate of drug-likeness (QED) is 0.560. The van der Waals surface area contributed by atoms with Crippen molar-refractivity contribution >= 4 is 33.4 Å². The predicted molar refractivity (Wildman–Crippen MR) is 113 cm³/mol. The summed E-state index contributed by atoms with van der Waals surface area (Å²) in [7, 11) is 0. The highest BCUT2D eigenvalue weighted by Gasteiger charge is 2.07. The molecule has 0 spiro atoms. The molecule has 0 fully saturated rings. The van der Waals surface area contributed by atoms with E-state index in [1.54, 1.807) is 36.4 Å². The van der Waals surface area contributed by atoms with E-state index in [4.69, 9.17) is 4.74 Å². The molecule has 3 rings (SSSR count). The van der Waals surface area contributed by atoms with Crippen LogP contribution in [0.2, 0.25) is 0 Å². The first-order valence-electron chi connectivity index (χ1n) is 8.68. The Morgan fingerprint density at radius 2 is 1.43 bits per heavy atom. The van der Waals surface area contributed by atoms with Crippen LogP contribution in [0.1, 0.15) is 22.8 Å². The number of ether oxygens (including phenoxy) is 1. The van der Waals surface area contributed by atoms with E-state index < -0.39 is 0 Å². The first-order valence-corrected chi connectivity index (χ1v) is 9.47. The van der Waals surface area contributed by atoms with Crippen LogP contribution in [0.5, 0.6) is 11.5 Å². The van der Waals surface area contributed by atoms with E-state index in [9.17, 15) is 9.59 Å². The molecule has 0 aliphatic rings. The third-order valence-corrected chi connectivity index (χ3v) is 4.45. The number of carbonyl (C=O) groups is 2. The molecule has 0 saturated heterocycles. The van der Waals surface area contributed by atoms with Gasteiger partial charge in [0.1, 0.15) is 11.5 Å². The van der Waals surface area contributed by atoms with Gasteiger partial charge in [0.15, 0.2) is 0 Å². The van der Waals surface area contributed by atoms with Crippen molar-refractivity contribution in [1.82, 2.24) is 5.32 Å². The Hall–Kier alpha value is -3.12. The van der Waals surface area contributed by atoms with Gasteiger partial charge in [0.05, 0.1) is 0 Å². The first-order chi connectivity index (χ1) is 13.5. The van der Waals surface area contributed by atoms with Gasteiger partial charge in [0, 0.05) is 29.2 Å². The Bertz CT molecular complexity index is 953. The molecule has 28 heavy (non-hydrogen) atoms. The van der Waals surface area contributed by atoms with Crippen molar-refractivity contribution in [2.75, 3.05) is 5.32 Å². The van der Waals surface area contributed by atoms with Crippen LogP contribution in [0.25, 0.3) is 0 Å². The average Bonchev–Trinajstić information content (AvgIpc) is 2.70. The van der Waals surface area contributed by atoms with Gasteiger partial charge < -0.3 is 15.4 Å². The van der Waals surface area contributed by atoms with Crippen molar-refractivity contribution in [2.24, 2.45) is 0 Å². The molecule has 0 bridgehead atoms. The fourth-order valence-corrected chi connectivity index (χ4v) is 2.71. The maximum Gasteiger partial charge on any atom is 0.255 e. The molecule has 3 aromatic rings. The van der Waals surface area contributed by atoms with Crippen molar-refractivity contribution < 1.29 is 14.3 Å². The van der Waals surface area contributed by atoms with Crippen LogP contribution in [0.3, 0.4) is 0 Å². The van der Waals surface area contributed by atoms with Crippen molar-refractivity contribution in [2.45, 2.75) is 13.5 Å². The van der Waals surface area contributed by atoms with Crippen LogP contribution in [-0.4, -0.2) is 11.8 Å². The summed E-state index contributed by atoms with van der Waals surface area (Å²) in [5, 5.41) is 5.58. The lowest BCUT2D eigenvalue weighted by atomic mass is 10.1. The molecule has 0 unspecified atom stereocenters. The van der Waals surface area contributed by atoms with Gasteiger partial charge in [-0.2, -0.15) is 0 Å². The van der Waals surface area contributed by atoms with Gasteiger partial charge in [-0.05, 0) is 66.2 Å². The minimum Gasteiger partial charge on any atom is -0.457 e. The molecular weight excluding hydrogens is 420 g/mol. The molecule has 0 saturated carbocycles. The lowest BCUT2D eigenvalue weighted by molar-refractivity contribution is -0.119. The van der Waals surface area contributed by atoms with Crippen LogP contribution in [0.4, 0.5) is 5.69 Å². The first kappa shape index (κ1) is 19.6. The zero-order chi connectivity index (χ0) is 19.9. The van der Waals surface area contributed by atoms with E-state index in [1.807, 2.05) is 36.4 Å². The maximum absolute atomic E-state index is 12.4. The van der Waals surface area contributed by atoms with E-state index in [2.05, 4.69) is 26.6 Å². The minimum absolute atomic E-state index is 0.0885. The van der Waals surface area contributed by atoms with E-state index in [0.717, 1.165) is 15.8 Å². The summed E-state index contributed by atoms with van der Waals surface area (Å²) in [5.41, 5.74) is 2.15. The number of nitrogens with one attached hydrogen (secondary N) is 2. The zero-order valence-corrected chi connectivity index (χ0v) is 16.8. The number of hydrogen-bond donors (Lipinski definition) is 2. The molecule has 142 valence electrons. The second kappa shape index (κ2) is 9.19. The number of amides is 2. The van der Waals surface area contributed by atoms with Gasteiger partial charge in [0.2, 0.25) is 5.91 Å². The smallest absolute Gasteiger partial charge is 0.255 e. The number of hydrogen-bond acceptors (Lipinski definition) is 3. The van der Waals surface area contributed by atoms with E-state index >= 15 is 0 Å². The molecule has 0 radical (unpaired) electrons. The van der Waals surface area contributed by atoms with Gasteiger partial charge in [-0.1, -0.05) is 28.1 Å². The van der Waals surface area contributed by atoms with Crippen molar-refractivity contribution in [1.29, 1.82) is 0 Å². The molecule has 5 nitrogen and oxygen atoms in total. The summed E-state index contributed by atoms with van der Waals surface area (Å²) >= 11 is 3.39. The van der Waals surface area contributed by atoms with Crippen LogP contribution < -0.4 is 15.4 Å². The Kier molecular flexibility index (Phi) is 6.45. The molecule has 0 heterocycles. The molecule has 2 N–H and O–H groups in total. The van der Waals surface area contributed by atoms with Crippen LogP contribution in [-0.2, 0) is 11.3 Å². The second-order valence-electron chi connectivity index (χ2n) is 6.14. The minimum atomic E-state index is -0.201. The van der Waals surface area contributed by atoms with Gasteiger partial charge in [-0.3, -0.25) is 9.59 Å². The lowest BCUT2D eigenvalue weighted by Crippen LogP contribution is -2.19. The highest BCUT2D eigenvalue weighted by atomic mass is 79.9. The standard InChI is InChI=1S/C22H19BrN2O3/c1-15(26)24-14-16-2-4-17(5-3-16)22(27)25-19-8-12-21(13-9-19)28-20-10-6-18(23)7-11-20/h2-13H,14H2,1H3,(H,24,26)(H,25,27). The summed E-state index contributed by atoms with van der Waals surface area (Å²) in [4.78, 5) is 23.3. The Morgan fingerprint density at radius 3 is 2.00 bits per heavy atom. The Morgan fingerprint density at radius 1 is 0.857 bits per heavy atom. The predicted octanol–water partition coefficient (Wildman–Crippen LogP) is 5.13. The highest BCUT2D eigenvalue weighted by molar-refractivity contribution is 9.10. The van der Waals surface area contributed by atoms with E-state index in [1.165, 1.54) is 6.92 Å². The largest absolute Gasteiger partial charge is 0.457 e. The van der Waals surface area contributed by atoms with Crippen LogP contribution >= 0.6 is 15.9 Å². The van der Waals surface area contributed by atoms with Crippen LogP contribution in [0, 0.1) is 0 Å². The monoisotopic (exact) mass is 438 g/mol. The summed E-state index contributed by atoms with van der Waals surface area (Å²) in [6.45, 7) is 1.91. The summed E-state index contributed by atoms with van der Waals surface area (Å²) in [6.07, 6.45) is 0. The van der Waals surface area contributed by atoms with Crippen LogP contribution in [0.15, 0.2) is 77.3 Å². The number of benzene rings is 3. The van der Waals surface area contributed by atoms with E-state index in [0.29, 0.717) is 23.5 Å². The van der Waals surface area contributed by atoms with Gasteiger partial charge in [-0.15, -0.1) is 0 Å². The van der Waals surface area contributed by atoms with Crippen molar-refractivity contribution in [3.63, 3.8) is 0 Å². The Balaban J connectivity index is 1.58. The molecule has 0 aromatic heterocycles. The number of anilines is 1. The number of carbonyl (C=O) groups excluding carboxylic acids is 2. The molecule has 0 atom stereocenters. The topological polar surface area (TPSA) is 67.4 Å². The number of halogens is 1. The van der Waals surface area contributed by atoms with Gasteiger partial charge in [-0.25, -0.2) is 0 Å². The van der Waals surface area contributed by atoms with Crippen molar-refractivity contribution in [3.8, 4) is 11.5 Å².